The molecular formula is C13H18Cl2F3N3O. The summed E-state index contributed by atoms with van der Waals surface area (Å²) < 4.78 is 38.5. The van der Waals surface area contributed by atoms with Gasteiger partial charge in [0.15, 0.2) is 0 Å². The van der Waals surface area contributed by atoms with Gasteiger partial charge in [0.1, 0.15) is 0 Å². The van der Waals surface area contributed by atoms with Crippen LogP contribution in [0.15, 0.2) is 18.2 Å². The van der Waals surface area contributed by atoms with Gasteiger partial charge in [0, 0.05) is 44.5 Å². The first-order valence-corrected chi connectivity index (χ1v) is 6.32. The summed E-state index contributed by atoms with van der Waals surface area (Å²) in [6.45, 7) is 2.32. The van der Waals surface area contributed by atoms with Crippen molar-refractivity contribution in [3.05, 3.63) is 29.3 Å². The maximum atomic E-state index is 12.8. The molecule has 2 rings (SSSR count). The number of hydrogen-bond acceptors (Lipinski definition) is 3. The fraction of sp³-hybridized carbons (Fsp3) is 0.462. The third kappa shape index (κ3) is 4.93. The minimum atomic E-state index is -4.47. The Hall–Kier alpha value is -1.18. The lowest BCUT2D eigenvalue weighted by molar-refractivity contribution is -0.137. The van der Waals surface area contributed by atoms with Crippen molar-refractivity contribution in [2.75, 3.05) is 38.5 Å². The molecule has 1 aliphatic rings. The smallest absolute Gasteiger partial charge is 0.388 e. The van der Waals surface area contributed by atoms with Gasteiger partial charge in [-0.25, -0.2) is 0 Å². The van der Waals surface area contributed by atoms with E-state index in [-0.39, 0.29) is 42.0 Å². The van der Waals surface area contributed by atoms with E-state index >= 15 is 0 Å². The van der Waals surface area contributed by atoms with Crippen LogP contribution in [-0.4, -0.2) is 44.0 Å². The topological polar surface area (TPSA) is 44.4 Å². The predicted octanol–water partition coefficient (Wildman–Crippen LogP) is 2.64. The Morgan fingerprint density at radius 1 is 1.18 bits per heavy atom. The monoisotopic (exact) mass is 359 g/mol. The number of amides is 1. The highest BCUT2D eigenvalue weighted by atomic mass is 35.5. The van der Waals surface area contributed by atoms with E-state index < -0.39 is 11.7 Å². The van der Waals surface area contributed by atoms with Crippen molar-refractivity contribution in [3.8, 4) is 0 Å². The first kappa shape index (κ1) is 20.8. The van der Waals surface area contributed by atoms with Crippen molar-refractivity contribution in [1.82, 2.24) is 10.2 Å². The summed E-state index contributed by atoms with van der Waals surface area (Å²) >= 11 is 0. The fourth-order valence-electron chi connectivity index (χ4n) is 2.11. The minimum absolute atomic E-state index is 0. The van der Waals surface area contributed by atoms with Crippen molar-refractivity contribution >= 4 is 36.4 Å². The molecule has 0 radical (unpaired) electrons. The zero-order valence-corrected chi connectivity index (χ0v) is 13.5. The highest BCUT2D eigenvalue weighted by Gasteiger charge is 2.32. The summed E-state index contributed by atoms with van der Waals surface area (Å²) in [6, 6.07) is 3.35. The molecular weight excluding hydrogens is 342 g/mol. The van der Waals surface area contributed by atoms with Crippen LogP contribution in [0.5, 0.6) is 0 Å². The van der Waals surface area contributed by atoms with Crippen LogP contribution in [0, 0.1) is 0 Å². The number of anilines is 1. The van der Waals surface area contributed by atoms with Crippen molar-refractivity contribution < 1.29 is 18.0 Å². The molecule has 0 aliphatic carbocycles. The molecule has 126 valence electrons. The highest BCUT2D eigenvalue weighted by molar-refractivity contribution is 5.95. The van der Waals surface area contributed by atoms with Crippen LogP contribution in [0.25, 0.3) is 0 Å². The maximum Gasteiger partial charge on any atom is 0.416 e. The zero-order valence-electron chi connectivity index (χ0n) is 11.9. The number of hydrogen-bond donors (Lipinski definition) is 2. The molecule has 9 heteroatoms. The van der Waals surface area contributed by atoms with Crippen LogP contribution in [0.4, 0.5) is 18.9 Å². The minimum Gasteiger partial charge on any atom is -0.388 e. The van der Waals surface area contributed by atoms with Gasteiger partial charge in [0.25, 0.3) is 5.91 Å². The highest BCUT2D eigenvalue weighted by Crippen LogP contribution is 2.32. The number of piperazine rings is 1. The summed E-state index contributed by atoms with van der Waals surface area (Å²) in [7, 11) is 1.52. The van der Waals surface area contributed by atoms with E-state index in [9.17, 15) is 18.0 Å². The third-order valence-electron chi connectivity index (χ3n) is 3.20. The predicted molar refractivity (Wildman–Crippen MR) is 84.3 cm³/mol. The number of halogens is 5. The normalized spacial score (nSPS) is 14.6. The van der Waals surface area contributed by atoms with Gasteiger partial charge >= 0.3 is 6.18 Å². The quantitative estimate of drug-likeness (QED) is 0.853. The van der Waals surface area contributed by atoms with Gasteiger partial charge in [-0.2, -0.15) is 13.2 Å². The Labute approximate surface area is 139 Å². The number of alkyl halides is 3. The SMILES string of the molecule is CNc1cc(C(=O)N2CCNCC2)cc(C(F)(F)F)c1.Cl.Cl. The van der Waals surface area contributed by atoms with Gasteiger partial charge in [0.05, 0.1) is 5.56 Å². The second kappa shape index (κ2) is 8.45. The largest absolute Gasteiger partial charge is 0.416 e. The first-order chi connectivity index (χ1) is 9.41. The number of nitrogens with one attached hydrogen (secondary N) is 2. The molecule has 0 saturated carbocycles. The van der Waals surface area contributed by atoms with E-state index in [4.69, 9.17) is 0 Å². The van der Waals surface area contributed by atoms with Crippen LogP contribution < -0.4 is 10.6 Å². The molecule has 0 aromatic heterocycles. The fourth-order valence-corrected chi connectivity index (χ4v) is 2.11. The number of rotatable bonds is 2. The Morgan fingerprint density at radius 2 is 1.77 bits per heavy atom. The lowest BCUT2D eigenvalue weighted by atomic mass is 10.1. The average molecular weight is 360 g/mol. The molecule has 0 spiro atoms. The summed E-state index contributed by atoms with van der Waals surface area (Å²) in [5.41, 5.74) is -0.479. The van der Waals surface area contributed by atoms with Gasteiger partial charge < -0.3 is 15.5 Å². The lowest BCUT2D eigenvalue weighted by Crippen LogP contribution is -2.46. The van der Waals surface area contributed by atoms with Gasteiger partial charge in [-0.3, -0.25) is 4.79 Å². The molecule has 1 amide bonds. The van der Waals surface area contributed by atoms with Gasteiger partial charge in [-0.1, -0.05) is 0 Å². The molecule has 22 heavy (non-hydrogen) atoms. The number of carbonyl (C=O) groups excluding carboxylic acids is 1. The molecule has 1 aromatic rings. The molecule has 1 aliphatic heterocycles. The zero-order chi connectivity index (χ0) is 14.8. The Bertz CT molecular complexity index is 506. The summed E-state index contributed by atoms with van der Waals surface area (Å²) in [4.78, 5) is 13.8. The number of nitrogens with zero attached hydrogens (tertiary/aromatic N) is 1. The van der Waals surface area contributed by atoms with Crippen LogP contribution in [0.2, 0.25) is 0 Å². The van der Waals surface area contributed by atoms with Crippen LogP contribution >= 0.6 is 24.8 Å². The van der Waals surface area contributed by atoms with Crippen molar-refractivity contribution in [2.45, 2.75) is 6.18 Å². The average Bonchev–Trinajstić information content (AvgIpc) is 2.46. The van der Waals surface area contributed by atoms with Gasteiger partial charge in [0.2, 0.25) is 0 Å². The van der Waals surface area contributed by atoms with E-state index in [1.165, 1.54) is 13.1 Å². The third-order valence-corrected chi connectivity index (χ3v) is 3.20. The van der Waals surface area contributed by atoms with E-state index in [2.05, 4.69) is 10.6 Å². The second-order valence-corrected chi connectivity index (χ2v) is 4.59. The van der Waals surface area contributed by atoms with Crippen LogP contribution in [0.3, 0.4) is 0 Å². The van der Waals surface area contributed by atoms with Crippen molar-refractivity contribution in [1.29, 1.82) is 0 Å². The van der Waals surface area contributed by atoms with Crippen molar-refractivity contribution in [2.24, 2.45) is 0 Å². The first-order valence-electron chi connectivity index (χ1n) is 6.32. The molecule has 0 atom stereocenters. The van der Waals surface area contributed by atoms with Gasteiger partial charge in [-0.05, 0) is 18.2 Å². The van der Waals surface area contributed by atoms with E-state index in [0.29, 0.717) is 26.2 Å². The Kier molecular flexibility index (Phi) is 8.00. The molecule has 0 unspecified atom stereocenters. The van der Waals surface area contributed by atoms with Crippen molar-refractivity contribution in [3.63, 3.8) is 0 Å². The molecule has 1 aromatic carbocycles. The van der Waals surface area contributed by atoms with Crippen LogP contribution in [0.1, 0.15) is 15.9 Å². The number of benzene rings is 1. The molecule has 1 fully saturated rings. The molecule has 4 nitrogen and oxygen atoms in total. The second-order valence-electron chi connectivity index (χ2n) is 4.59. The molecule has 1 saturated heterocycles. The summed E-state index contributed by atoms with van der Waals surface area (Å²) in [6.07, 6.45) is -4.47. The lowest BCUT2D eigenvalue weighted by Gasteiger charge is -2.27. The molecule has 1 heterocycles. The molecule has 0 bridgehead atoms. The van der Waals surface area contributed by atoms with E-state index in [0.717, 1.165) is 12.1 Å². The summed E-state index contributed by atoms with van der Waals surface area (Å²) in [5, 5.41) is 5.75. The Balaban J connectivity index is 0.00000220. The van der Waals surface area contributed by atoms with Crippen LogP contribution in [-0.2, 0) is 6.18 Å². The number of carbonyl (C=O) groups is 1. The van der Waals surface area contributed by atoms with Gasteiger partial charge in [-0.15, -0.1) is 24.8 Å². The van der Waals surface area contributed by atoms with E-state index in [1.807, 2.05) is 0 Å². The van der Waals surface area contributed by atoms with E-state index in [1.54, 1.807) is 4.90 Å². The Morgan fingerprint density at radius 3 is 2.27 bits per heavy atom. The molecule has 2 N–H and O–H groups in total. The summed E-state index contributed by atoms with van der Waals surface area (Å²) in [5.74, 6) is -0.367. The standard InChI is InChI=1S/C13H16F3N3O.2ClH/c1-17-11-7-9(6-10(8-11)13(14,15)16)12(20)19-4-2-18-3-5-19;;/h6-8,17-18H,2-5H2,1H3;2*1H. The maximum absolute atomic E-state index is 12.8.